The summed E-state index contributed by atoms with van der Waals surface area (Å²) in [4.78, 5) is 24.9. The molecule has 0 bridgehead atoms. The predicted octanol–water partition coefficient (Wildman–Crippen LogP) is -1.56. The zero-order valence-corrected chi connectivity index (χ0v) is 9.52. The van der Waals surface area contributed by atoms with Gasteiger partial charge >= 0.3 is 0 Å². The minimum Gasteiger partial charge on any atom is -0.369 e. The SMILES string of the molecule is NC(=O)C1CCN(C(=O)[C@@H]2CCC[NH2+]2)CC1. The van der Waals surface area contributed by atoms with Gasteiger partial charge in [-0.25, -0.2) is 0 Å². The van der Waals surface area contributed by atoms with Crippen molar-refractivity contribution < 1.29 is 14.9 Å². The Bertz CT molecular complexity index is 279. The molecule has 2 heterocycles. The van der Waals surface area contributed by atoms with Gasteiger partial charge in [0.15, 0.2) is 6.04 Å². The lowest BCUT2D eigenvalue weighted by molar-refractivity contribution is -0.658. The number of hydrogen-bond donors (Lipinski definition) is 2. The summed E-state index contributed by atoms with van der Waals surface area (Å²) in [5, 5.41) is 2.13. The van der Waals surface area contributed by atoms with Crippen molar-refractivity contribution in [2.45, 2.75) is 31.7 Å². The second kappa shape index (κ2) is 4.82. The van der Waals surface area contributed by atoms with Crippen LogP contribution in [0.3, 0.4) is 0 Å². The highest BCUT2D eigenvalue weighted by Gasteiger charge is 2.33. The summed E-state index contributed by atoms with van der Waals surface area (Å²) >= 11 is 0. The Morgan fingerprint density at radius 1 is 1.19 bits per heavy atom. The largest absolute Gasteiger partial charge is 0.369 e. The molecule has 5 nitrogen and oxygen atoms in total. The van der Waals surface area contributed by atoms with Crippen molar-refractivity contribution in [2.24, 2.45) is 11.7 Å². The van der Waals surface area contributed by atoms with E-state index in [1.807, 2.05) is 4.90 Å². The van der Waals surface area contributed by atoms with Crippen LogP contribution in [0, 0.1) is 5.92 Å². The van der Waals surface area contributed by atoms with Crippen LogP contribution in [0.15, 0.2) is 0 Å². The van der Waals surface area contributed by atoms with Crippen molar-refractivity contribution in [3.63, 3.8) is 0 Å². The van der Waals surface area contributed by atoms with Crippen LogP contribution < -0.4 is 11.1 Å². The number of carbonyl (C=O) groups excluding carboxylic acids is 2. The molecule has 2 aliphatic heterocycles. The molecule has 0 aromatic rings. The first-order chi connectivity index (χ1) is 7.68. The van der Waals surface area contributed by atoms with Gasteiger partial charge in [-0.1, -0.05) is 0 Å². The molecule has 2 fully saturated rings. The van der Waals surface area contributed by atoms with E-state index in [4.69, 9.17) is 5.73 Å². The number of piperidine rings is 1. The van der Waals surface area contributed by atoms with E-state index < -0.39 is 0 Å². The lowest BCUT2D eigenvalue weighted by atomic mass is 9.96. The van der Waals surface area contributed by atoms with Gasteiger partial charge in [0.1, 0.15) is 0 Å². The molecule has 90 valence electrons. The number of nitrogens with zero attached hydrogens (tertiary/aromatic N) is 1. The van der Waals surface area contributed by atoms with Crippen LogP contribution in [-0.2, 0) is 9.59 Å². The van der Waals surface area contributed by atoms with E-state index in [1.165, 1.54) is 0 Å². The molecule has 16 heavy (non-hydrogen) atoms. The Hall–Kier alpha value is -1.10. The third-order valence-corrected chi connectivity index (χ3v) is 3.70. The molecule has 0 radical (unpaired) electrons. The molecule has 4 N–H and O–H groups in total. The lowest BCUT2D eigenvalue weighted by Gasteiger charge is -2.31. The van der Waals surface area contributed by atoms with Crippen LogP contribution >= 0.6 is 0 Å². The van der Waals surface area contributed by atoms with Crippen LogP contribution in [0.1, 0.15) is 25.7 Å². The number of amides is 2. The fraction of sp³-hybridized carbons (Fsp3) is 0.818. The van der Waals surface area contributed by atoms with E-state index in [0.29, 0.717) is 13.1 Å². The molecule has 2 aliphatic rings. The maximum absolute atomic E-state index is 12.1. The average Bonchev–Trinajstić information content (AvgIpc) is 2.81. The standard InChI is InChI=1S/C11H19N3O2/c12-10(15)8-3-6-14(7-4-8)11(16)9-2-1-5-13-9/h8-9,13H,1-7H2,(H2,12,15)/p+1/t9-/m0/s1. The van der Waals surface area contributed by atoms with Crippen LogP contribution in [-0.4, -0.2) is 42.4 Å². The highest BCUT2D eigenvalue weighted by molar-refractivity contribution is 5.81. The molecule has 0 aromatic heterocycles. The Morgan fingerprint density at radius 3 is 2.38 bits per heavy atom. The monoisotopic (exact) mass is 226 g/mol. The summed E-state index contributed by atoms with van der Waals surface area (Å²) in [6.45, 7) is 2.45. The van der Waals surface area contributed by atoms with Gasteiger partial charge in [-0.15, -0.1) is 0 Å². The Balaban J connectivity index is 1.84. The van der Waals surface area contributed by atoms with Gasteiger partial charge in [0.25, 0.3) is 5.91 Å². The normalized spacial score (nSPS) is 27.0. The van der Waals surface area contributed by atoms with Gasteiger partial charge < -0.3 is 16.0 Å². The summed E-state index contributed by atoms with van der Waals surface area (Å²) in [5.41, 5.74) is 5.26. The zero-order valence-electron chi connectivity index (χ0n) is 9.52. The lowest BCUT2D eigenvalue weighted by Crippen LogP contribution is -2.89. The van der Waals surface area contributed by atoms with Crippen LogP contribution in [0.4, 0.5) is 0 Å². The number of quaternary nitrogens is 1. The first kappa shape index (κ1) is 11.4. The van der Waals surface area contributed by atoms with Crippen molar-refractivity contribution in [2.75, 3.05) is 19.6 Å². The maximum atomic E-state index is 12.1. The van der Waals surface area contributed by atoms with E-state index in [9.17, 15) is 9.59 Å². The van der Waals surface area contributed by atoms with Gasteiger partial charge in [0.05, 0.1) is 6.54 Å². The molecule has 2 rings (SSSR count). The summed E-state index contributed by atoms with van der Waals surface area (Å²) in [5.74, 6) is -0.00319. The second-order valence-electron chi connectivity index (χ2n) is 4.78. The molecule has 1 atom stereocenters. The third-order valence-electron chi connectivity index (χ3n) is 3.70. The number of rotatable bonds is 2. The molecular weight excluding hydrogens is 206 g/mol. The smallest absolute Gasteiger partial charge is 0.280 e. The quantitative estimate of drug-likeness (QED) is 0.597. The van der Waals surface area contributed by atoms with E-state index in [-0.39, 0.29) is 23.8 Å². The molecule has 2 amide bonds. The zero-order chi connectivity index (χ0) is 11.5. The van der Waals surface area contributed by atoms with E-state index >= 15 is 0 Å². The topological polar surface area (TPSA) is 80.0 Å². The summed E-state index contributed by atoms with van der Waals surface area (Å²) in [7, 11) is 0. The first-order valence-electron chi connectivity index (χ1n) is 6.10. The van der Waals surface area contributed by atoms with Gasteiger partial charge in [0.2, 0.25) is 5.91 Å². The van der Waals surface area contributed by atoms with Crippen molar-refractivity contribution in [3.8, 4) is 0 Å². The maximum Gasteiger partial charge on any atom is 0.280 e. The molecule has 0 unspecified atom stereocenters. The molecule has 0 saturated carbocycles. The van der Waals surface area contributed by atoms with E-state index in [0.717, 1.165) is 32.2 Å². The second-order valence-corrected chi connectivity index (χ2v) is 4.78. The van der Waals surface area contributed by atoms with Gasteiger partial charge in [-0.3, -0.25) is 9.59 Å². The molecule has 0 aromatic carbocycles. The van der Waals surface area contributed by atoms with Crippen LogP contribution in [0.5, 0.6) is 0 Å². The van der Waals surface area contributed by atoms with Crippen molar-refractivity contribution in [1.82, 2.24) is 4.90 Å². The first-order valence-corrected chi connectivity index (χ1v) is 6.10. The van der Waals surface area contributed by atoms with Gasteiger partial charge in [0, 0.05) is 31.8 Å². The van der Waals surface area contributed by atoms with E-state index in [2.05, 4.69) is 5.32 Å². The predicted molar refractivity (Wildman–Crippen MR) is 58.3 cm³/mol. The van der Waals surface area contributed by atoms with Gasteiger partial charge in [-0.05, 0) is 12.8 Å². The number of hydrogen-bond acceptors (Lipinski definition) is 2. The molecule has 0 aliphatic carbocycles. The minimum atomic E-state index is -0.223. The van der Waals surface area contributed by atoms with Gasteiger partial charge in [-0.2, -0.15) is 0 Å². The van der Waals surface area contributed by atoms with Crippen LogP contribution in [0.25, 0.3) is 0 Å². The Kier molecular flexibility index (Phi) is 3.43. The Labute approximate surface area is 95.3 Å². The number of carbonyl (C=O) groups is 2. The third kappa shape index (κ3) is 2.35. The number of likely N-dealkylation sites (tertiary alicyclic amines) is 1. The average molecular weight is 226 g/mol. The summed E-state index contributed by atoms with van der Waals surface area (Å²) in [6, 6.07) is 0.130. The molecule has 0 spiro atoms. The number of nitrogens with two attached hydrogens (primary N) is 2. The highest BCUT2D eigenvalue weighted by atomic mass is 16.2. The minimum absolute atomic E-state index is 0.0309. The van der Waals surface area contributed by atoms with Crippen LogP contribution in [0.2, 0.25) is 0 Å². The molecule has 5 heteroatoms. The van der Waals surface area contributed by atoms with Crippen molar-refractivity contribution in [3.05, 3.63) is 0 Å². The fourth-order valence-electron chi connectivity index (χ4n) is 2.62. The Morgan fingerprint density at radius 2 is 1.88 bits per heavy atom. The fourth-order valence-corrected chi connectivity index (χ4v) is 2.62. The highest BCUT2D eigenvalue weighted by Crippen LogP contribution is 2.17. The van der Waals surface area contributed by atoms with Crippen molar-refractivity contribution >= 4 is 11.8 Å². The van der Waals surface area contributed by atoms with Crippen molar-refractivity contribution in [1.29, 1.82) is 0 Å². The summed E-state index contributed by atoms with van der Waals surface area (Å²) < 4.78 is 0. The molecular formula is C11H20N3O2+. The summed E-state index contributed by atoms with van der Waals surface area (Å²) in [6.07, 6.45) is 3.59. The molecule has 2 saturated heterocycles. The van der Waals surface area contributed by atoms with E-state index in [1.54, 1.807) is 0 Å². The number of primary amides is 1.